The summed E-state index contributed by atoms with van der Waals surface area (Å²) in [4.78, 5) is 6.22. The van der Waals surface area contributed by atoms with Gasteiger partial charge in [0.05, 0.1) is 5.69 Å². The number of halogens is 1. The molecule has 0 spiro atoms. The topological polar surface area (TPSA) is 24.9 Å². The van der Waals surface area contributed by atoms with Crippen molar-refractivity contribution in [1.29, 1.82) is 0 Å². The Morgan fingerprint density at radius 1 is 1.19 bits per heavy atom. The van der Waals surface area contributed by atoms with Gasteiger partial charge in [0.25, 0.3) is 0 Å². The van der Waals surface area contributed by atoms with Gasteiger partial charge in [0, 0.05) is 27.0 Å². The first kappa shape index (κ1) is 16.7. The summed E-state index contributed by atoms with van der Waals surface area (Å²) in [5.74, 6) is 0.446. The van der Waals surface area contributed by atoms with Crippen molar-refractivity contribution in [3.63, 3.8) is 0 Å². The van der Waals surface area contributed by atoms with Crippen molar-refractivity contribution in [2.75, 3.05) is 0 Å². The molecule has 0 bridgehead atoms. The quantitative estimate of drug-likeness (QED) is 0.763. The summed E-state index contributed by atoms with van der Waals surface area (Å²) < 4.78 is 1.10. The monoisotopic (exact) mass is 366 g/mol. The van der Waals surface area contributed by atoms with Crippen LogP contribution in [0, 0.1) is 0 Å². The molecule has 2 nitrogen and oxygen atoms in total. The van der Waals surface area contributed by atoms with Crippen molar-refractivity contribution in [2.24, 2.45) is 0 Å². The molecule has 2 aromatic rings. The standard InChI is InChI=1S/C17H23BrN2S/c1-11(2)15-14(10-19-17(3,4)5)21-16(20-15)12-6-8-13(18)9-7-12/h6-9,11,19H,10H2,1-5H3. The molecule has 0 aliphatic carbocycles. The smallest absolute Gasteiger partial charge is 0.123 e. The van der Waals surface area contributed by atoms with Gasteiger partial charge in [-0.25, -0.2) is 4.98 Å². The van der Waals surface area contributed by atoms with Gasteiger partial charge in [-0.3, -0.25) is 0 Å². The first-order chi connectivity index (χ1) is 9.76. The number of hydrogen-bond acceptors (Lipinski definition) is 3. The molecule has 2 rings (SSSR count). The van der Waals surface area contributed by atoms with Gasteiger partial charge in [-0.15, -0.1) is 11.3 Å². The zero-order valence-electron chi connectivity index (χ0n) is 13.3. The predicted octanol–water partition coefficient (Wildman–Crippen LogP) is 5.58. The largest absolute Gasteiger partial charge is 0.307 e. The van der Waals surface area contributed by atoms with Crippen LogP contribution < -0.4 is 5.32 Å². The molecular weight excluding hydrogens is 344 g/mol. The van der Waals surface area contributed by atoms with Crippen molar-refractivity contribution < 1.29 is 0 Å². The molecule has 4 heteroatoms. The van der Waals surface area contributed by atoms with Crippen LogP contribution in [-0.4, -0.2) is 10.5 Å². The first-order valence-electron chi connectivity index (χ1n) is 7.27. The van der Waals surface area contributed by atoms with E-state index in [1.54, 1.807) is 11.3 Å². The maximum absolute atomic E-state index is 4.87. The summed E-state index contributed by atoms with van der Waals surface area (Å²) in [6.07, 6.45) is 0. The average molecular weight is 367 g/mol. The molecule has 0 saturated carbocycles. The first-order valence-corrected chi connectivity index (χ1v) is 8.88. The van der Waals surface area contributed by atoms with E-state index in [0.717, 1.165) is 16.0 Å². The zero-order valence-corrected chi connectivity index (χ0v) is 15.7. The molecule has 0 radical (unpaired) electrons. The number of thiazole rings is 1. The number of aromatic nitrogens is 1. The van der Waals surface area contributed by atoms with Crippen LogP contribution >= 0.6 is 27.3 Å². The van der Waals surface area contributed by atoms with E-state index in [1.807, 2.05) is 0 Å². The van der Waals surface area contributed by atoms with Crippen molar-refractivity contribution in [2.45, 2.75) is 52.6 Å². The second-order valence-electron chi connectivity index (χ2n) is 6.59. The lowest BCUT2D eigenvalue weighted by molar-refractivity contribution is 0.425. The Bertz CT molecular complexity index is 594. The molecule has 0 amide bonds. The third-order valence-electron chi connectivity index (χ3n) is 3.14. The molecule has 1 aromatic carbocycles. The van der Waals surface area contributed by atoms with Crippen LogP contribution in [0.15, 0.2) is 28.7 Å². The van der Waals surface area contributed by atoms with Crippen molar-refractivity contribution >= 4 is 27.3 Å². The highest BCUT2D eigenvalue weighted by molar-refractivity contribution is 9.10. The SMILES string of the molecule is CC(C)c1nc(-c2ccc(Br)cc2)sc1CNC(C)(C)C. The molecular formula is C17H23BrN2S. The fourth-order valence-corrected chi connectivity index (χ4v) is 3.43. The number of rotatable bonds is 4. The van der Waals surface area contributed by atoms with Gasteiger partial charge in [-0.05, 0) is 38.8 Å². The number of hydrogen-bond donors (Lipinski definition) is 1. The van der Waals surface area contributed by atoms with Crippen LogP contribution in [0.4, 0.5) is 0 Å². The second kappa shape index (κ2) is 6.59. The molecule has 1 aromatic heterocycles. The Kier molecular flexibility index (Phi) is 5.23. The average Bonchev–Trinajstić information content (AvgIpc) is 2.81. The van der Waals surface area contributed by atoms with Gasteiger partial charge in [0.1, 0.15) is 5.01 Å². The normalized spacial score (nSPS) is 12.1. The maximum atomic E-state index is 4.87. The predicted molar refractivity (Wildman–Crippen MR) is 95.9 cm³/mol. The molecule has 0 aliphatic heterocycles. The lowest BCUT2D eigenvalue weighted by atomic mass is 10.1. The van der Waals surface area contributed by atoms with Crippen LogP contribution in [0.1, 0.15) is 51.1 Å². The van der Waals surface area contributed by atoms with Crippen molar-refractivity contribution in [3.8, 4) is 10.6 Å². The Labute approximate surface area is 140 Å². The summed E-state index contributed by atoms with van der Waals surface area (Å²) in [7, 11) is 0. The van der Waals surface area contributed by atoms with Gasteiger partial charge in [-0.2, -0.15) is 0 Å². The molecule has 114 valence electrons. The molecule has 0 unspecified atom stereocenters. The van der Waals surface area contributed by atoms with Gasteiger partial charge >= 0.3 is 0 Å². The summed E-state index contributed by atoms with van der Waals surface area (Å²) in [6.45, 7) is 11.9. The Morgan fingerprint density at radius 3 is 2.33 bits per heavy atom. The Balaban J connectivity index is 2.30. The molecule has 1 N–H and O–H groups in total. The summed E-state index contributed by atoms with van der Waals surface area (Å²) in [6, 6.07) is 8.37. The van der Waals surface area contributed by atoms with Crippen LogP contribution in [0.5, 0.6) is 0 Å². The van der Waals surface area contributed by atoms with Crippen molar-refractivity contribution in [1.82, 2.24) is 10.3 Å². The van der Waals surface area contributed by atoms with E-state index in [1.165, 1.54) is 16.1 Å². The van der Waals surface area contributed by atoms with Gasteiger partial charge in [-0.1, -0.05) is 41.9 Å². The highest BCUT2D eigenvalue weighted by atomic mass is 79.9. The highest BCUT2D eigenvalue weighted by Crippen LogP contribution is 2.32. The van der Waals surface area contributed by atoms with E-state index in [4.69, 9.17) is 4.98 Å². The minimum absolute atomic E-state index is 0.121. The van der Waals surface area contributed by atoms with E-state index in [-0.39, 0.29) is 5.54 Å². The van der Waals surface area contributed by atoms with E-state index in [2.05, 4.69) is 80.1 Å². The number of nitrogens with zero attached hydrogens (tertiary/aromatic N) is 1. The van der Waals surface area contributed by atoms with E-state index >= 15 is 0 Å². The zero-order chi connectivity index (χ0) is 15.6. The van der Waals surface area contributed by atoms with Gasteiger partial charge in [0.15, 0.2) is 0 Å². The number of nitrogens with one attached hydrogen (secondary N) is 1. The van der Waals surface area contributed by atoms with Crippen LogP contribution in [0.25, 0.3) is 10.6 Å². The fourth-order valence-electron chi connectivity index (χ4n) is 2.00. The summed E-state index contributed by atoms with van der Waals surface area (Å²) >= 11 is 5.28. The van der Waals surface area contributed by atoms with Crippen LogP contribution in [-0.2, 0) is 6.54 Å². The summed E-state index contributed by atoms with van der Waals surface area (Å²) in [5.41, 5.74) is 2.53. The molecule has 0 atom stereocenters. The van der Waals surface area contributed by atoms with Crippen LogP contribution in [0.3, 0.4) is 0 Å². The van der Waals surface area contributed by atoms with E-state index in [9.17, 15) is 0 Å². The molecule has 0 fully saturated rings. The maximum Gasteiger partial charge on any atom is 0.123 e. The third kappa shape index (κ3) is 4.63. The lowest BCUT2D eigenvalue weighted by Crippen LogP contribution is -2.35. The minimum atomic E-state index is 0.121. The van der Waals surface area contributed by atoms with Gasteiger partial charge in [0.2, 0.25) is 0 Å². The van der Waals surface area contributed by atoms with Crippen molar-refractivity contribution in [3.05, 3.63) is 39.3 Å². The minimum Gasteiger partial charge on any atom is -0.307 e. The Morgan fingerprint density at radius 2 is 1.81 bits per heavy atom. The van der Waals surface area contributed by atoms with E-state index in [0.29, 0.717) is 5.92 Å². The second-order valence-corrected chi connectivity index (χ2v) is 8.59. The summed E-state index contributed by atoms with van der Waals surface area (Å²) in [5, 5.41) is 4.68. The van der Waals surface area contributed by atoms with E-state index < -0.39 is 0 Å². The fraction of sp³-hybridized carbons (Fsp3) is 0.471. The third-order valence-corrected chi connectivity index (χ3v) is 4.79. The Hall–Kier alpha value is -0.710. The highest BCUT2D eigenvalue weighted by Gasteiger charge is 2.17. The molecule has 1 heterocycles. The van der Waals surface area contributed by atoms with Gasteiger partial charge < -0.3 is 5.32 Å². The number of benzene rings is 1. The molecule has 0 saturated heterocycles. The molecule has 21 heavy (non-hydrogen) atoms. The van der Waals surface area contributed by atoms with Crippen LogP contribution in [0.2, 0.25) is 0 Å². The molecule has 0 aliphatic rings. The lowest BCUT2D eigenvalue weighted by Gasteiger charge is -2.20.